The average Bonchev–Trinajstić information content (AvgIpc) is 2.68. The highest BCUT2D eigenvalue weighted by Crippen LogP contribution is 2.26. The molecular weight excluding hydrogens is 210 g/mol. The summed E-state index contributed by atoms with van der Waals surface area (Å²) in [6.07, 6.45) is 2.52. The highest BCUT2D eigenvalue weighted by molar-refractivity contribution is 5.79. The van der Waals surface area contributed by atoms with Crippen molar-refractivity contribution in [3.63, 3.8) is 0 Å². The maximum atomic E-state index is 4.72. The fourth-order valence-electron chi connectivity index (χ4n) is 2.89. The minimum Gasteiger partial charge on any atom is -0.324 e. The van der Waals surface area contributed by atoms with Crippen LogP contribution in [0.25, 0.3) is 11.0 Å². The van der Waals surface area contributed by atoms with Crippen LogP contribution in [0.2, 0.25) is 0 Å². The molecule has 0 amide bonds. The zero-order chi connectivity index (χ0) is 11.8. The molecule has 0 aliphatic carbocycles. The molecule has 0 bridgehead atoms. The number of rotatable bonds is 1. The molecule has 1 N–H and O–H groups in total. The monoisotopic (exact) mass is 229 g/mol. The molecule has 3 nitrogen and oxygen atoms in total. The van der Waals surface area contributed by atoms with Crippen LogP contribution in [0.3, 0.4) is 0 Å². The predicted octanol–water partition coefficient (Wildman–Crippen LogP) is 2.58. The van der Waals surface area contributed by atoms with Gasteiger partial charge in [0.25, 0.3) is 0 Å². The van der Waals surface area contributed by atoms with E-state index in [1.54, 1.807) is 0 Å². The van der Waals surface area contributed by atoms with Gasteiger partial charge in [-0.1, -0.05) is 12.1 Å². The molecule has 3 rings (SSSR count). The van der Waals surface area contributed by atoms with Gasteiger partial charge in [0.05, 0.1) is 11.0 Å². The summed E-state index contributed by atoms with van der Waals surface area (Å²) >= 11 is 0. The first-order valence-electron chi connectivity index (χ1n) is 6.42. The fourth-order valence-corrected chi connectivity index (χ4v) is 2.89. The average molecular weight is 229 g/mol. The molecule has 1 aliphatic rings. The lowest BCUT2D eigenvalue weighted by atomic mass is 10.1. The van der Waals surface area contributed by atoms with Crippen LogP contribution in [-0.4, -0.2) is 22.6 Å². The molecule has 1 aliphatic heterocycles. The quantitative estimate of drug-likeness (QED) is 0.814. The molecule has 1 unspecified atom stereocenters. The molecule has 2 aromatic rings. The normalized spacial score (nSPS) is 20.9. The van der Waals surface area contributed by atoms with Crippen molar-refractivity contribution in [2.75, 3.05) is 13.1 Å². The zero-order valence-electron chi connectivity index (χ0n) is 10.5. The van der Waals surface area contributed by atoms with Crippen molar-refractivity contribution in [1.82, 2.24) is 14.9 Å². The van der Waals surface area contributed by atoms with Crippen molar-refractivity contribution in [3.05, 3.63) is 29.6 Å². The van der Waals surface area contributed by atoms with E-state index in [0.29, 0.717) is 6.04 Å². The molecule has 0 spiro atoms. The largest absolute Gasteiger partial charge is 0.324 e. The van der Waals surface area contributed by atoms with Gasteiger partial charge in [0.1, 0.15) is 5.82 Å². The van der Waals surface area contributed by atoms with Crippen LogP contribution in [0.4, 0.5) is 0 Å². The van der Waals surface area contributed by atoms with E-state index in [2.05, 4.69) is 41.9 Å². The third kappa shape index (κ3) is 1.75. The molecule has 17 heavy (non-hydrogen) atoms. The summed E-state index contributed by atoms with van der Waals surface area (Å²) in [6, 6.07) is 7.02. The number of nitrogens with zero attached hydrogens (tertiary/aromatic N) is 2. The number of para-hydroxylation sites is 1. The highest BCUT2D eigenvalue weighted by Gasteiger charge is 2.19. The van der Waals surface area contributed by atoms with Crippen molar-refractivity contribution in [2.45, 2.75) is 32.7 Å². The fraction of sp³-hybridized carbons (Fsp3) is 0.500. The molecule has 1 aromatic heterocycles. The number of aryl methyl sites for hydroxylation is 2. The summed E-state index contributed by atoms with van der Waals surface area (Å²) < 4.78 is 2.41. The standard InChI is InChI=1S/C14H19N3/c1-10-5-3-7-13-14(10)16-11(2)17(13)12-6-4-8-15-9-12/h3,5,7,12,15H,4,6,8-9H2,1-2H3. The summed E-state index contributed by atoms with van der Waals surface area (Å²) in [5.41, 5.74) is 3.72. The Bertz CT molecular complexity index is 536. The van der Waals surface area contributed by atoms with E-state index >= 15 is 0 Å². The second kappa shape index (κ2) is 4.15. The summed E-state index contributed by atoms with van der Waals surface area (Å²) in [5.74, 6) is 1.14. The summed E-state index contributed by atoms with van der Waals surface area (Å²) in [7, 11) is 0. The highest BCUT2D eigenvalue weighted by atomic mass is 15.1. The molecule has 1 aromatic carbocycles. The molecule has 1 atom stereocenters. The minimum atomic E-state index is 0.565. The first-order valence-corrected chi connectivity index (χ1v) is 6.42. The van der Waals surface area contributed by atoms with Crippen molar-refractivity contribution >= 4 is 11.0 Å². The van der Waals surface area contributed by atoms with Gasteiger partial charge in [0, 0.05) is 12.6 Å². The Hall–Kier alpha value is -1.35. The third-order valence-electron chi connectivity index (χ3n) is 3.73. The second-order valence-corrected chi connectivity index (χ2v) is 4.97. The van der Waals surface area contributed by atoms with E-state index in [1.165, 1.54) is 23.9 Å². The van der Waals surface area contributed by atoms with Crippen LogP contribution in [0, 0.1) is 13.8 Å². The molecule has 0 saturated carbocycles. The lowest BCUT2D eigenvalue weighted by Crippen LogP contribution is -2.32. The van der Waals surface area contributed by atoms with Gasteiger partial charge in [-0.3, -0.25) is 0 Å². The number of hydrogen-bond acceptors (Lipinski definition) is 2. The first kappa shape index (κ1) is 10.8. The van der Waals surface area contributed by atoms with E-state index in [1.807, 2.05) is 0 Å². The Labute approximate surface area is 102 Å². The SMILES string of the molecule is Cc1cccc2c1nc(C)n2C1CCCNC1. The number of benzene rings is 1. The van der Waals surface area contributed by atoms with Gasteiger partial charge < -0.3 is 9.88 Å². The van der Waals surface area contributed by atoms with E-state index in [0.717, 1.165) is 24.4 Å². The maximum Gasteiger partial charge on any atom is 0.107 e. The topological polar surface area (TPSA) is 29.9 Å². The van der Waals surface area contributed by atoms with Crippen molar-refractivity contribution < 1.29 is 0 Å². The molecule has 1 fully saturated rings. The number of hydrogen-bond donors (Lipinski definition) is 1. The van der Waals surface area contributed by atoms with Crippen LogP contribution in [0.15, 0.2) is 18.2 Å². The Kier molecular flexibility index (Phi) is 2.63. The van der Waals surface area contributed by atoms with Gasteiger partial charge in [0.15, 0.2) is 0 Å². The lowest BCUT2D eigenvalue weighted by molar-refractivity contribution is 0.373. The van der Waals surface area contributed by atoms with Gasteiger partial charge in [-0.25, -0.2) is 4.98 Å². The predicted molar refractivity (Wildman–Crippen MR) is 70.3 cm³/mol. The Morgan fingerprint density at radius 2 is 2.24 bits per heavy atom. The Balaban J connectivity index is 2.14. The van der Waals surface area contributed by atoms with Gasteiger partial charge in [-0.15, -0.1) is 0 Å². The number of fused-ring (bicyclic) bond motifs is 1. The van der Waals surface area contributed by atoms with E-state index in [-0.39, 0.29) is 0 Å². The number of aromatic nitrogens is 2. The van der Waals surface area contributed by atoms with Gasteiger partial charge in [-0.2, -0.15) is 0 Å². The first-order chi connectivity index (χ1) is 8.27. The zero-order valence-corrected chi connectivity index (χ0v) is 10.5. The molecule has 1 saturated heterocycles. The minimum absolute atomic E-state index is 0.565. The van der Waals surface area contributed by atoms with Crippen molar-refractivity contribution in [1.29, 1.82) is 0 Å². The van der Waals surface area contributed by atoms with Crippen molar-refractivity contribution in [2.24, 2.45) is 0 Å². The van der Waals surface area contributed by atoms with E-state index in [9.17, 15) is 0 Å². The Morgan fingerprint density at radius 1 is 1.35 bits per heavy atom. The molecule has 2 heterocycles. The summed E-state index contributed by atoms with van der Waals surface area (Å²) in [4.78, 5) is 4.72. The maximum absolute atomic E-state index is 4.72. The molecule has 90 valence electrons. The van der Waals surface area contributed by atoms with Gasteiger partial charge in [-0.05, 0) is 44.9 Å². The van der Waals surface area contributed by atoms with Crippen LogP contribution in [0.5, 0.6) is 0 Å². The van der Waals surface area contributed by atoms with E-state index < -0.39 is 0 Å². The molecule has 3 heteroatoms. The smallest absolute Gasteiger partial charge is 0.107 e. The van der Waals surface area contributed by atoms with Crippen LogP contribution < -0.4 is 5.32 Å². The van der Waals surface area contributed by atoms with E-state index in [4.69, 9.17) is 4.98 Å². The van der Waals surface area contributed by atoms with Gasteiger partial charge >= 0.3 is 0 Å². The second-order valence-electron chi connectivity index (χ2n) is 4.97. The van der Waals surface area contributed by atoms with Crippen LogP contribution in [-0.2, 0) is 0 Å². The lowest BCUT2D eigenvalue weighted by Gasteiger charge is -2.25. The molecular formula is C14H19N3. The third-order valence-corrected chi connectivity index (χ3v) is 3.73. The summed E-state index contributed by atoms with van der Waals surface area (Å²) in [6.45, 7) is 6.48. The van der Waals surface area contributed by atoms with Crippen molar-refractivity contribution in [3.8, 4) is 0 Å². The van der Waals surface area contributed by atoms with Gasteiger partial charge in [0.2, 0.25) is 0 Å². The molecule has 0 radical (unpaired) electrons. The number of imidazole rings is 1. The number of piperidine rings is 1. The number of nitrogens with one attached hydrogen (secondary N) is 1. The Morgan fingerprint density at radius 3 is 3.00 bits per heavy atom. The van der Waals surface area contributed by atoms with Crippen LogP contribution >= 0.6 is 0 Å². The van der Waals surface area contributed by atoms with Crippen LogP contribution in [0.1, 0.15) is 30.3 Å². The summed E-state index contributed by atoms with van der Waals surface area (Å²) in [5, 5.41) is 3.48.